The fourth-order valence-electron chi connectivity index (χ4n) is 4.72. The first-order valence-electron chi connectivity index (χ1n) is 14.1. The topological polar surface area (TPSA) is 77.1 Å². The van der Waals surface area contributed by atoms with Gasteiger partial charge in [0.05, 0.1) is 33.4 Å². The summed E-state index contributed by atoms with van der Waals surface area (Å²) < 4.78 is 3.69. The quantitative estimate of drug-likeness (QED) is 0.189. The van der Waals surface area contributed by atoms with Gasteiger partial charge in [-0.2, -0.15) is 5.10 Å². The van der Waals surface area contributed by atoms with Crippen molar-refractivity contribution in [3.8, 4) is 17.1 Å². The molecule has 0 aliphatic heterocycles. The molecule has 0 aliphatic rings. The molecule has 3 aromatic heterocycles. The molecule has 222 valence electrons. The third-order valence-electron chi connectivity index (χ3n) is 7.11. The largest absolute Gasteiger partial charge is 0.310 e. The maximum Gasteiger partial charge on any atom is 0.229 e. The standard InChI is InChI=1S/C34H30Cl2N6OS/c1-21-8-12-23(13-9-21)42-30(19-28(40-42)34(2,3)4)37-31(43)18-22-10-14-24(15-11-22)44-25-16-17-29-38-39-33(41(29)20-25)32-26(35)6-5-7-27(32)36/h5-17,19-20H,18H2,1-4H3,(H,37,43). The Hall–Kier alpha value is -4.11. The average molecular weight is 642 g/mol. The van der Waals surface area contributed by atoms with E-state index in [-0.39, 0.29) is 17.7 Å². The monoisotopic (exact) mass is 640 g/mol. The summed E-state index contributed by atoms with van der Waals surface area (Å²) in [6.45, 7) is 8.37. The number of nitrogens with zero attached hydrogens (tertiary/aromatic N) is 5. The lowest BCUT2D eigenvalue weighted by Gasteiger charge is -2.14. The van der Waals surface area contributed by atoms with Crippen molar-refractivity contribution >= 4 is 52.3 Å². The van der Waals surface area contributed by atoms with E-state index in [2.05, 4.69) is 36.3 Å². The molecule has 6 rings (SSSR count). The number of hydrogen-bond acceptors (Lipinski definition) is 5. The van der Waals surface area contributed by atoms with Gasteiger partial charge in [-0.05, 0) is 61.0 Å². The Labute approximate surface area is 270 Å². The number of carbonyl (C=O) groups excluding carboxylic acids is 1. The zero-order valence-corrected chi connectivity index (χ0v) is 27.0. The van der Waals surface area contributed by atoms with Crippen molar-refractivity contribution in [1.29, 1.82) is 0 Å². The highest BCUT2D eigenvalue weighted by molar-refractivity contribution is 7.99. The molecule has 0 bridgehead atoms. The van der Waals surface area contributed by atoms with Gasteiger partial charge < -0.3 is 5.32 Å². The van der Waals surface area contributed by atoms with E-state index in [1.54, 1.807) is 34.6 Å². The van der Waals surface area contributed by atoms with Gasteiger partial charge in [-0.1, -0.05) is 91.6 Å². The van der Waals surface area contributed by atoms with Crippen LogP contribution in [0.1, 0.15) is 37.6 Å². The number of anilines is 1. The number of halogens is 2. The minimum absolute atomic E-state index is 0.108. The average Bonchev–Trinajstić information content (AvgIpc) is 3.59. The summed E-state index contributed by atoms with van der Waals surface area (Å²) >= 11 is 14.5. The van der Waals surface area contributed by atoms with Crippen LogP contribution in [-0.2, 0) is 16.6 Å². The molecule has 1 N–H and O–H groups in total. The summed E-state index contributed by atoms with van der Waals surface area (Å²) in [5.41, 5.74) is 5.05. The Morgan fingerprint density at radius 2 is 1.57 bits per heavy atom. The molecule has 1 amide bonds. The first-order valence-corrected chi connectivity index (χ1v) is 15.7. The molecule has 3 heterocycles. The van der Waals surface area contributed by atoms with Crippen molar-refractivity contribution < 1.29 is 4.79 Å². The second kappa shape index (κ2) is 12.1. The van der Waals surface area contributed by atoms with Crippen LogP contribution in [-0.4, -0.2) is 30.3 Å². The van der Waals surface area contributed by atoms with Gasteiger partial charge in [-0.15, -0.1) is 10.2 Å². The molecule has 0 aliphatic carbocycles. The lowest BCUT2D eigenvalue weighted by molar-refractivity contribution is -0.115. The summed E-state index contributed by atoms with van der Waals surface area (Å²) in [4.78, 5) is 15.2. The molecule has 0 radical (unpaired) electrons. The first-order chi connectivity index (χ1) is 21.0. The van der Waals surface area contributed by atoms with Crippen molar-refractivity contribution in [1.82, 2.24) is 24.4 Å². The lowest BCUT2D eigenvalue weighted by Crippen LogP contribution is -2.17. The molecule has 10 heteroatoms. The van der Waals surface area contributed by atoms with Gasteiger partial charge in [0.25, 0.3) is 0 Å². The molecule has 0 saturated heterocycles. The Balaban J connectivity index is 1.17. The van der Waals surface area contributed by atoms with Crippen LogP contribution >= 0.6 is 35.0 Å². The summed E-state index contributed by atoms with van der Waals surface area (Å²) in [5.74, 6) is 1.12. The molecule has 0 saturated carbocycles. The third-order valence-corrected chi connectivity index (χ3v) is 8.72. The maximum atomic E-state index is 13.2. The zero-order valence-electron chi connectivity index (χ0n) is 24.7. The Bertz CT molecular complexity index is 1950. The van der Waals surface area contributed by atoms with Gasteiger partial charge in [0.1, 0.15) is 5.82 Å². The van der Waals surface area contributed by atoms with E-state index in [0.717, 1.165) is 32.3 Å². The van der Waals surface area contributed by atoms with Crippen LogP contribution in [0.25, 0.3) is 22.7 Å². The molecule has 7 nitrogen and oxygen atoms in total. The van der Waals surface area contributed by atoms with Crippen LogP contribution in [0.15, 0.2) is 101 Å². The Morgan fingerprint density at radius 3 is 2.25 bits per heavy atom. The van der Waals surface area contributed by atoms with Crippen LogP contribution in [0.2, 0.25) is 10.0 Å². The predicted molar refractivity (Wildman–Crippen MR) is 178 cm³/mol. The highest BCUT2D eigenvalue weighted by Crippen LogP contribution is 2.35. The van der Waals surface area contributed by atoms with Gasteiger partial charge >= 0.3 is 0 Å². The number of rotatable bonds is 7. The fraction of sp³-hybridized carbons (Fsp3) is 0.176. The highest BCUT2D eigenvalue weighted by atomic mass is 35.5. The second-order valence-electron chi connectivity index (χ2n) is 11.6. The van der Waals surface area contributed by atoms with E-state index in [4.69, 9.17) is 28.3 Å². The number of amides is 1. The van der Waals surface area contributed by atoms with Gasteiger partial charge in [0.15, 0.2) is 11.5 Å². The third kappa shape index (κ3) is 6.38. The molecule has 0 atom stereocenters. The Kier molecular flexibility index (Phi) is 8.24. The van der Waals surface area contributed by atoms with Gasteiger partial charge in [-0.3, -0.25) is 9.20 Å². The minimum Gasteiger partial charge on any atom is -0.310 e. The second-order valence-corrected chi connectivity index (χ2v) is 13.6. The smallest absolute Gasteiger partial charge is 0.229 e. The van der Waals surface area contributed by atoms with E-state index in [1.165, 1.54) is 0 Å². The van der Waals surface area contributed by atoms with Crippen LogP contribution in [0.3, 0.4) is 0 Å². The van der Waals surface area contributed by atoms with Crippen molar-refractivity contribution in [2.45, 2.75) is 49.3 Å². The summed E-state index contributed by atoms with van der Waals surface area (Å²) in [6.07, 6.45) is 2.21. The van der Waals surface area contributed by atoms with E-state index < -0.39 is 0 Å². The van der Waals surface area contributed by atoms with Crippen LogP contribution < -0.4 is 5.32 Å². The number of nitrogens with one attached hydrogen (secondary N) is 1. The van der Waals surface area contributed by atoms with E-state index in [0.29, 0.717) is 32.9 Å². The number of fused-ring (bicyclic) bond motifs is 1. The molecular weight excluding hydrogens is 611 g/mol. The first kappa shape index (κ1) is 29.9. The summed E-state index contributed by atoms with van der Waals surface area (Å²) in [5, 5.41) is 17.5. The van der Waals surface area contributed by atoms with E-state index >= 15 is 0 Å². The number of carbonyl (C=O) groups is 1. The van der Waals surface area contributed by atoms with Crippen molar-refractivity contribution in [3.63, 3.8) is 0 Å². The number of pyridine rings is 1. The number of aryl methyl sites for hydroxylation is 1. The minimum atomic E-state index is -0.162. The summed E-state index contributed by atoms with van der Waals surface area (Å²) in [6, 6.07) is 27.3. The molecular formula is C34H30Cl2N6OS. The van der Waals surface area contributed by atoms with Gasteiger partial charge in [-0.25, -0.2) is 4.68 Å². The molecule has 0 spiro atoms. The molecule has 44 heavy (non-hydrogen) atoms. The zero-order chi connectivity index (χ0) is 31.0. The Morgan fingerprint density at radius 1 is 0.886 bits per heavy atom. The van der Waals surface area contributed by atoms with Crippen molar-refractivity contribution in [3.05, 3.63) is 118 Å². The van der Waals surface area contributed by atoms with E-state index in [9.17, 15) is 4.79 Å². The number of aromatic nitrogens is 5. The molecule has 3 aromatic carbocycles. The van der Waals surface area contributed by atoms with Crippen LogP contribution in [0, 0.1) is 6.92 Å². The normalized spacial score (nSPS) is 11.7. The molecule has 0 unspecified atom stereocenters. The van der Waals surface area contributed by atoms with Gasteiger partial charge in [0.2, 0.25) is 5.91 Å². The van der Waals surface area contributed by atoms with Crippen molar-refractivity contribution in [2.75, 3.05) is 5.32 Å². The van der Waals surface area contributed by atoms with Gasteiger partial charge in [0, 0.05) is 27.5 Å². The fourth-order valence-corrected chi connectivity index (χ4v) is 6.12. The number of benzene rings is 3. The highest BCUT2D eigenvalue weighted by Gasteiger charge is 2.22. The lowest BCUT2D eigenvalue weighted by atomic mass is 9.92. The summed E-state index contributed by atoms with van der Waals surface area (Å²) in [7, 11) is 0. The van der Waals surface area contributed by atoms with E-state index in [1.807, 2.05) is 84.3 Å². The SMILES string of the molecule is Cc1ccc(-n2nc(C(C)(C)C)cc2NC(=O)Cc2ccc(Sc3ccc4nnc(-c5c(Cl)cccc5Cl)n4c3)cc2)cc1. The van der Waals surface area contributed by atoms with Crippen molar-refractivity contribution in [2.24, 2.45) is 0 Å². The maximum absolute atomic E-state index is 13.2. The van der Waals surface area contributed by atoms with Crippen LogP contribution in [0.4, 0.5) is 5.82 Å². The molecule has 0 fully saturated rings. The molecule has 6 aromatic rings. The number of hydrogen-bond donors (Lipinski definition) is 1. The van der Waals surface area contributed by atoms with Crippen LogP contribution in [0.5, 0.6) is 0 Å². The predicted octanol–water partition coefficient (Wildman–Crippen LogP) is 8.83.